The predicted octanol–water partition coefficient (Wildman–Crippen LogP) is 3.10. The highest BCUT2D eigenvalue weighted by molar-refractivity contribution is 5.90. The molecule has 0 atom stereocenters. The Labute approximate surface area is 140 Å². The lowest BCUT2D eigenvalue weighted by Crippen LogP contribution is -2.36. The summed E-state index contributed by atoms with van der Waals surface area (Å²) in [5.74, 6) is 0. The number of anilines is 1. The summed E-state index contributed by atoms with van der Waals surface area (Å²) >= 11 is 0. The van der Waals surface area contributed by atoms with Gasteiger partial charge in [-0.2, -0.15) is 0 Å². The first-order valence-corrected chi connectivity index (χ1v) is 8.34. The Hall–Kier alpha value is -2.47. The Morgan fingerprint density at radius 2 is 2.04 bits per heavy atom. The van der Waals surface area contributed by atoms with Gasteiger partial charge in [-0.05, 0) is 58.1 Å². The van der Waals surface area contributed by atoms with Crippen molar-refractivity contribution < 1.29 is 4.52 Å². The van der Waals surface area contributed by atoms with Crippen molar-refractivity contribution in [3.63, 3.8) is 0 Å². The second kappa shape index (κ2) is 6.20. The zero-order valence-corrected chi connectivity index (χ0v) is 14.0. The first kappa shape index (κ1) is 15.1. The van der Waals surface area contributed by atoms with Crippen LogP contribution >= 0.6 is 0 Å². The van der Waals surface area contributed by atoms with Gasteiger partial charge in [-0.1, -0.05) is 11.2 Å². The highest BCUT2D eigenvalue weighted by Gasteiger charge is 2.20. The SMILES string of the molecule is Cc1noc2c(NC3CCN(C)CC3)cc(-c3ccccn3)nc12. The molecule has 4 heterocycles. The molecule has 0 unspecified atom stereocenters. The monoisotopic (exact) mass is 323 g/mol. The molecule has 0 bridgehead atoms. The predicted molar refractivity (Wildman–Crippen MR) is 93.9 cm³/mol. The summed E-state index contributed by atoms with van der Waals surface area (Å²) in [4.78, 5) is 11.5. The molecule has 3 aromatic rings. The van der Waals surface area contributed by atoms with Gasteiger partial charge in [0.2, 0.25) is 5.58 Å². The van der Waals surface area contributed by atoms with Gasteiger partial charge in [0, 0.05) is 12.2 Å². The maximum absolute atomic E-state index is 5.53. The lowest BCUT2D eigenvalue weighted by Gasteiger charge is -2.30. The average Bonchev–Trinajstić information content (AvgIpc) is 2.99. The van der Waals surface area contributed by atoms with Crippen LogP contribution < -0.4 is 5.32 Å². The molecule has 0 saturated carbocycles. The first-order chi connectivity index (χ1) is 11.7. The molecule has 3 aromatic heterocycles. The Morgan fingerprint density at radius 1 is 1.21 bits per heavy atom. The maximum Gasteiger partial charge on any atom is 0.208 e. The van der Waals surface area contributed by atoms with Crippen LogP contribution in [0, 0.1) is 6.92 Å². The second-order valence-corrected chi connectivity index (χ2v) is 6.44. The number of pyridine rings is 2. The van der Waals surface area contributed by atoms with E-state index in [-0.39, 0.29) is 0 Å². The second-order valence-electron chi connectivity index (χ2n) is 6.44. The third-order valence-electron chi connectivity index (χ3n) is 4.60. The van der Waals surface area contributed by atoms with Gasteiger partial charge in [-0.3, -0.25) is 4.98 Å². The summed E-state index contributed by atoms with van der Waals surface area (Å²) in [7, 11) is 2.17. The third kappa shape index (κ3) is 2.85. The third-order valence-corrected chi connectivity index (χ3v) is 4.60. The molecule has 24 heavy (non-hydrogen) atoms. The van der Waals surface area contributed by atoms with Crippen molar-refractivity contribution >= 4 is 16.8 Å². The summed E-state index contributed by atoms with van der Waals surface area (Å²) in [6.07, 6.45) is 4.02. The van der Waals surface area contributed by atoms with Gasteiger partial charge in [0.15, 0.2) is 0 Å². The van der Waals surface area contributed by atoms with Gasteiger partial charge >= 0.3 is 0 Å². The molecule has 1 aliphatic heterocycles. The largest absolute Gasteiger partial charge is 0.379 e. The molecular weight excluding hydrogens is 302 g/mol. The van der Waals surface area contributed by atoms with Crippen LogP contribution in [0.2, 0.25) is 0 Å². The fourth-order valence-electron chi connectivity index (χ4n) is 3.15. The van der Waals surface area contributed by atoms with E-state index in [2.05, 4.69) is 27.4 Å². The quantitative estimate of drug-likeness (QED) is 0.799. The molecule has 0 aliphatic carbocycles. The number of hydrogen-bond acceptors (Lipinski definition) is 6. The highest BCUT2D eigenvalue weighted by atomic mass is 16.5. The number of likely N-dealkylation sites (tertiary alicyclic amines) is 1. The summed E-state index contributed by atoms with van der Waals surface area (Å²) in [6, 6.07) is 8.31. The van der Waals surface area contributed by atoms with E-state index in [9.17, 15) is 0 Å². The smallest absolute Gasteiger partial charge is 0.208 e. The van der Waals surface area contributed by atoms with Crippen LogP contribution in [-0.2, 0) is 0 Å². The lowest BCUT2D eigenvalue weighted by atomic mass is 10.0. The van der Waals surface area contributed by atoms with Crippen LogP contribution in [-0.4, -0.2) is 46.2 Å². The summed E-state index contributed by atoms with van der Waals surface area (Å²) in [6.45, 7) is 4.13. The Morgan fingerprint density at radius 3 is 2.79 bits per heavy atom. The molecular formula is C18H21N5O. The molecule has 1 N–H and O–H groups in total. The number of hydrogen-bond donors (Lipinski definition) is 1. The van der Waals surface area contributed by atoms with E-state index < -0.39 is 0 Å². The molecule has 4 rings (SSSR count). The van der Waals surface area contributed by atoms with E-state index >= 15 is 0 Å². The fraction of sp³-hybridized carbons (Fsp3) is 0.389. The minimum absolute atomic E-state index is 0.439. The number of piperidine rings is 1. The van der Waals surface area contributed by atoms with Crippen molar-refractivity contribution in [2.75, 3.05) is 25.5 Å². The molecule has 1 fully saturated rings. The topological polar surface area (TPSA) is 67.1 Å². The summed E-state index contributed by atoms with van der Waals surface area (Å²) < 4.78 is 5.53. The van der Waals surface area contributed by atoms with Crippen molar-refractivity contribution in [3.05, 3.63) is 36.2 Å². The molecule has 0 radical (unpaired) electrons. The highest BCUT2D eigenvalue weighted by Crippen LogP contribution is 2.30. The van der Waals surface area contributed by atoms with E-state index in [1.807, 2.05) is 31.2 Å². The number of rotatable bonds is 3. The molecule has 0 spiro atoms. The summed E-state index contributed by atoms with van der Waals surface area (Å²) in [5, 5.41) is 7.73. The zero-order valence-electron chi connectivity index (χ0n) is 14.0. The van der Waals surface area contributed by atoms with Gasteiger partial charge < -0.3 is 14.7 Å². The Balaban J connectivity index is 1.73. The molecule has 6 nitrogen and oxygen atoms in total. The van der Waals surface area contributed by atoms with E-state index in [1.165, 1.54) is 0 Å². The van der Waals surface area contributed by atoms with Crippen molar-refractivity contribution in [1.29, 1.82) is 0 Å². The van der Waals surface area contributed by atoms with Crippen LogP contribution in [0.1, 0.15) is 18.5 Å². The minimum atomic E-state index is 0.439. The van der Waals surface area contributed by atoms with Crippen LogP contribution in [0.3, 0.4) is 0 Å². The van der Waals surface area contributed by atoms with Gasteiger partial charge in [0.1, 0.15) is 11.2 Å². The van der Waals surface area contributed by atoms with Crippen LogP contribution in [0.4, 0.5) is 5.69 Å². The van der Waals surface area contributed by atoms with Crippen molar-refractivity contribution in [2.45, 2.75) is 25.8 Å². The van der Waals surface area contributed by atoms with Crippen molar-refractivity contribution in [1.82, 2.24) is 20.0 Å². The molecule has 124 valence electrons. The first-order valence-electron chi connectivity index (χ1n) is 8.34. The zero-order chi connectivity index (χ0) is 16.5. The lowest BCUT2D eigenvalue weighted by molar-refractivity contribution is 0.264. The number of aryl methyl sites for hydroxylation is 1. The number of fused-ring (bicyclic) bond motifs is 1. The fourth-order valence-corrected chi connectivity index (χ4v) is 3.15. The van der Waals surface area contributed by atoms with E-state index in [1.54, 1.807) is 6.20 Å². The van der Waals surface area contributed by atoms with Gasteiger partial charge in [-0.15, -0.1) is 0 Å². The molecule has 0 amide bonds. The van der Waals surface area contributed by atoms with E-state index in [4.69, 9.17) is 9.51 Å². The molecule has 6 heteroatoms. The van der Waals surface area contributed by atoms with Gasteiger partial charge in [0.25, 0.3) is 0 Å². The number of nitrogens with zero attached hydrogens (tertiary/aromatic N) is 4. The number of nitrogens with one attached hydrogen (secondary N) is 1. The van der Waals surface area contributed by atoms with Crippen molar-refractivity contribution in [2.24, 2.45) is 0 Å². The maximum atomic E-state index is 5.53. The molecule has 0 aromatic carbocycles. The van der Waals surface area contributed by atoms with Gasteiger partial charge in [0.05, 0.1) is 17.1 Å². The van der Waals surface area contributed by atoms with Crippen molar-refractivity contribution in [3.8, 4) is 11.4 Å². The average molecular weight is 323 g/mol. The molecule has 1 aliphatic rings. The Bertz CT molecular complexity index is 837. The van der Waals surface area contributed by atoms with E-state index in [0.29, 0.717) is 6.04 Å². The van der Waals surface area contributed by atoms with E-state index in [0.717, 1.165) is 59.8 Å². The summed E-state index contributed by atoms with van der Waals surface area (Å²) in [5.41, 5.74) is 4.97. The Kier molecular flexibility index (Phi) is 3.90. The normalized spacial score (nSPS) is 16.6. The van der Waals surface area contributed by atoms with Gasteiger partial charge in [-0.25, -0.2) is 4.98 Å². The number of aromatic nitrogens is 3. The van der Waals surface area contributed by atoms with Crippen LogP contribution in [0.25, 0.3) is 22.5 Å². The standard InChI is InChI=1S/C18H21N5O/c1-12-17-18(24-22-12)16(20-13-6-9-23(2)10-7-13)11-15(21-17)14-5-3-4-8-19-14/h3-5,8,11,13H,6-7,9-10H2,1-2H3,(H,20,21). The van der Waals surface area contributed by atoms with Crippen LogP contribution in [0.15, 0.2) is 35.0 Å². The van der Waals surface area contributed by atoms with Crippen LogP contribution in [0.5, 0.6) is 0 Å². The molecule has 1 saturated heterocycles. The minimum Gasteiger partial charge on any atom is -0.379 e.